The first kappa shape index (κ1) is 69.2. The molecule has 0 saturated carbocycles. The van der Waals surface area contributed by atoms with E-state index in [-0.39, 0.29) is 117 Å². The van der Waals surface area contributed by atoms with Crippen LogP contribution in [-0.2, 0) is 35.5 Å². The van der Waals surface area contributed by atoms with E-state index in [1.165, 1.54) is 128 Å². The zero-order valence-corrected chi connectivity index (χ0v) is 65.7. The second-order valence-electron chi connectivity index (χ2n) is 25.3. The molecule has 0 saturated heterocycles. The van der Waals surface area contributed by atoms with Gasteiger partial charge in [-0.05, 0) is 225 Å². The van der Waals surface area contributed by atoms with Gasteiger partial charge in [-0.3, -0.25) is 0 Å². The van der Waals surface area contributed by atoms with Gasteiger partial charge in [0.2, 0.25) is 0 Å². The van der Waals surface area contributed by atoms with Gasteiger partial charge in [-0.1, -0.05) is 59.7 Å². The predicted octanol–water partition coefficient (Wildman–Crippen LogP) is 30.5. The van der Waals surface area contributed by atoms with Gasteiger partial charge in [-0.15, -0.1) is 90.7 Å². The van der Waals surface area contributed by atoms with Crippen molar-refractivity contribution in [3.8, 4) is 93.3 Å². The Labute approximate surface area is 631 Å². The number of alkyl halides is 12. The van der Waals surface area contributed by atoms with Crippen molar-refractivity contribution in [2.45, 2.75) is 90.9 Å². The Kier molecular flexibility index (Phi) is 16.4. The molecule has 0 bridgehead atoms. The second kappa shape index (κ2) is 23.6. The second-order valence-corrected chi connectivity index (χ2v) is 39.7. The van der Waals surface area contributed by atoms with Crippen molar-refractivity contribution in [1.29, 1.82) is 0 Å². The van der Waals surface area contributed by atoms with Gasteiger partial charge in [-0.25, -0.2) is 0 Å². The number of benzene rings is 5. The van der Waals surface area contributed by atoms with Crippen LogP contribution in [0.25, 0.3) is 93.3 Å². The molecule has 5 aromatic carbocycles. The fourth-order valence-electron chi connectivity index (χ4n) is 14.7. The largest absolute Gasteiger partial charge is 0.300 e. The quantitative estimate of drug-likeness (QED) is 0.155. The van der Waals surface area contributed by atoms with Crippen LogP contribution in [0, 0.1) is 55.4 Å². The maximum Gasteiger partial charge on any atom is 0.300 e. The summed E-state index contributed by atoms with van der Waals surface area (Å²) in [5.41, 5.74) is 6.02. The molecule has 0 aliphatic heterocycles. The number of fused-ring (bicyclic) bond motifs is 18. The Morgan fingerprint density at radius 3 is 0.940 bits per heavy atom. The van der Waals surface area contributed by atoms with E-state index in [1.807, 2.05) is 42.5 Å². The van der Waals surface area contributed by atoms with Crippen LogP contribution in [-0.4, -0.2) is 0 Å². The average Bonchev–Trinajstić information content (AvgIpc) is 1.54. The summed E-state index contributed by atoms with van der Waals surface area (Å²) in [6.45, 7) is 14.3. The summed E-state index contributed by atoms with van der Waals surface area (Å²) in [6.07, 6.45) is 0. The highest BCUT2D eigenvalue weighted by Gasteiger charge is 2.58. The summed E-state index contributed by atoms with van der Waals surface area (Å²) < 4.78 is 186. The minimum atomic E-state index is -3.25. The molecule has 0 unspecified atom stereocenters. The van der Waals surface area contributed by atoms with E-state index in [1.54, 1.807) is 38.2 Å². The summed E-state index contributed by atoms with van der Waals surface area (Å²) in [4.78, 5) is 8.48. The highest BCUT2D eigenvalue weighted by molar-refractivity contribution is 9.11. The molecule has 0 radical (unpaired) electrons. The molecular weight excluding hydrogens is 1720 g/mol. The summed E-state index contributed by atoms with van der Waals surface area (Å²) in [5, 5.41) is 0. The van der Waals surface area contributed by atoms with Crippen molar-refractivity contribution in [2.24, 2.45) is 0 Å². The predicted molar refractivity (Wildman–Crippen MR) is 404 cm³/mol. The standard InChI is InChI=1S/C30H20F4S3.C18H8Br2F4S2.C16H4Br2F4S2.C12H12S/c1-13-5-7-17(8-6-13)20-9-10-21(36-20)22-12-19-28(37-22)24-16(4)25-23(15(3)26(24)30(19,33)34)27-18(29(25,31)32)11-14(2)35-27;1-5-11-14(18(23,24)7-3-9(19)25-15(7)11)6(2)12-13(5)17(21,22)8-4-10(20)26-16(8)12;17-11-3-9-13(23-11)5-1-7-6(2-8(5)16(9,21)22)14-10(15(7,19)20)4-12(18)24-14;1-9-3-6-11(7-4-9)12-8-5-10(2)13-12/h5-12H,1-4H3;3-4H,1-2H3;1-4H;3-8H,1-2H3. The fourth-order valence-corrected chi connectivity index (χ4v) is 25.9. The van der Waals surface area contributed by atoms with Crippen LogP contribution in [0.15, 0.2) is 136 Å². The van der Waals surface area contributed by atoms with Crippen molar-refractivity contribution >= 4 is 154 Å². The molecule has 0 atom stereocenters. The Morgan fingerprint density at radius 2 is 0.560 bits per heavy atom. The molecule has 0 N–H and O–H groups in total. The van der Waals surface area contributed by atoms with Gasteiger partial charge in [0.25, 0.3) is 0 Å². The van der Waals surface area contributed by atoms with E-state index in [4.69, 9.17) is 0 Å². The third-order valence-corrected chi connectivity index (χ3v) is 30.4. The first-order valence-corrected chi connectivity index (χ1v) is 40.3. The molecular formula is C76H44Br4F12S8. The van der Waals surface area contributed by atoms with Crippen LogP contribution in [0.4, 0.5) is 52.7 Å². The van der Waals surface area contributed by atoms with Crippen molar-refractivity contribution in [3.05, 3.63) is 246 Å². The summed E-state index contributed by atoms with van der Waals surface area (Å²) >= 11 is 23.5. The minimum Gasteiger partial charge on any atom is -0.196 e. The van der Waals surface area contributed by atoms with E-state index in [2.05, 4.69) is 126 Å². The van der Waals surface area contributed by atoms with Gasteiger partial charge >= 0.3 is 35.5 Å². The summed E-state index contributed by atoms with van der Waals surface area (Å²) in [7, 11) is 0. The highest BCUT2D eigenvalue weighted by Crippen LogP contribution is 2.68. The molecule has 19 rings (SSSR count). The first-order chi connectivity index (χ1) is 47.0. The van der Waals surface area contributed by atoms with Crippen molar-refractivity contribution in [1.82, 2.24) is 0 Å². The van der Waals surface area contributed by atoms with Crippen molar-refractivity contribution < 1.29 is 52.7 Å². The molecule has 508 valence electrons. The topological polar surface area (TPSA) is 0 Å². The number of thiophene rings is 8. The van der Waals surface area contributed by atoms with Crippen molar-refractivity contribution in [2.75, 3.05) is 0 Å². The maximum atomic E-state index is 16.1. The molecule has 0 spiro atoms. The molecule has 0 amide bonds. The zero-order chi connectivity index (χ0) is 71.0. The van der Waals surface area contributed by atoms with Gasteiger partial charge in [0.15, 0.2) is 0 Å². The van der Waals surface area contributed by atoms with Gasteiger partial charge in [0.05, 0.1) is 15.1 Å². The smallest absolute Gasteiger partial charge is 0.196 e. The number of rotatable bonds is 3. The van der Waals surface area contributed by atoms with Crippen LogP contribution in [0.1, 0.15) is 110 Å². The van der Waals surface area contributed by atoms with E-state index >= 15 is 35.1 Å². The Balaban J connectivity index is 0.000000109. The number of hydrogen-bond donors (Lipinski definition) is 0. The first-order valence-electron chi connectivity index (χ1n) is 30.6. The molecule has 100 heavy (non-hydrogen) atoms. The molecule has 6 aliphatic carbocycles. The van der Waals surface area contributed by atoms with E-state index < -0.39 is 35.5 Å². The lowest BCUT2D eigenvalue weighted by Gasteiger charge is -2.22. The molecule has 0 fully saturated rings. The van der Waals surface area contributed by atoms with E-state index in [0.29, 0.717) is 50.0 Å². The lowest BCUT2D eigenvalue weighted by atomic mass is 9.88. The van der Waals surface area contributed by atoms with E-state index in [0.717, 1.165) is 47.7 Å². The lowest BCUT2D eigenvalue weighted by molar-refractivity contribution is 0.0443. The maximum absolute atomic E-state index is 16.1. The molecule has 8 heterocycles. The Bertz CT molecular complexity index is 5490. The summed E-state index contributed by atoms with van der Waals surface area (Å²) in [5.74, 6) is -19.2. The van der Waals surface area contributed by atoms with Crippen molar-refractivity contribution in [3.63, 3.8) is 0 Å². The normalized spacial score (nSPS) is 16.3. The van der Waals surface area contributed by atoms with Crippen LogP contribution in [0.5, 0.6) is 0 Å². The van der Waals surface area contributed by atoms with Crippen LogP contribution >= 0.6 is 154 Å². The van der Waals surface area contributed by atoms with Gasteiger partial charge in [0.1, 0.15) is 0 Å². The average molecular weight is 1760 g/mol. The molecule has 6 aliphatic rings. The van der Waals surface area contributed by atoms with E-state index in [9.17, 15) is 17.6 Å². The lowest BCUT2D eigenvalue weighted by Crippen LogP contribution is -2.16. The van der Waals surface area contributed by atoms with Crippen LogP contribution in [0.3, 0.4) is 0 Å². The Morgan fingerprint density at radius 1 is 0.250 bits per heavy atom. The number of aryl methyl sites for hydroxylation is 4. The van der Waals surface area contributed by atoms with Crippen LogP contribution in [0.2, 0.25) is 0 Å². The fraction of sp³-hybridized carbons (Fsp3) is 0.184. The van der Waals surface area contributed by atoms with Gasteiger partial charge in [0, 0.05) is 159 Å². The third kappa shape index (κ3) is 10.2. The molecule has 8 aromatic heterocycles. The number of halogens is 16. The minimum absolute atomic E-state index is 0.0579. The van der Waals surface area contributed by atoms with Crippen LogP contribution < -0.4 is 0 Å². The summed E-state index contributed by atoms with van der Waals surface area (Å²) in [6, 6.07) is 36.3. The third-order valence-electron chi connectivity index (χ3n) is 19.2. The van der Waals surface area contributed by atoms with Gasteiger partial charge in [-0.2, -0.15) is 52.7 Å². The molecule has 13 aromatic rings. The highest BCUT2D eigenvalue weighted by atomic mass is 79.9. The van der Waals surface area contributed by atoms with Gasteiger partial charge < -0.3 is 0 Å². The molecule has 0 nitrogen and oxygen atoms in total. The monoisotopic (exact) mass is 1760 g/mol. The number of hydrogen-bond acceptors (Lipinski definition) is 8. The Hall–Kier alpha value is -5.22. The molecule has 24 heteroatoms. The SMILES string of the molecule is Cc1c2c(c(C)c3c1C(F)(F)c1cc(Br)sc1-3)C(F)(F)c1cc(Br)sc1-2.Cc1ccc(-c2ccc(-c3cc4c(s3)-c3c(C)c5c(c(C)c3C4(F)F)-c3sc(C)cc3C5(F)F)s2)cc1.Cc1ccc(-c2ccc(C)s2)cc1.FC1(F)c2cc3c(cc2-c2sc(Br)cc21)C(F)(F)c1cc(Br)sc1-3. The zero-order valence-electron chi connectivity index (χ0n) is 52.9.